The van der Waals surface area contributed by atoms with Gasteiger partial charge in [-0.2, -0.15) is 0 Å². The molecule has 2 rings (SSSR count). The zero-order chi connectivity index (χ0) is 14.6. The summed E-state index contributed by atoms with van der Waals surface area (Å²) in [4.78, 5) is 24.2. The fourth-order valence-electron chi connectivity index (χ4n) is 2.78. The van der Waals surface area contributed by atoms with Gasteiger partial charge in [0.05, 0.1) is 0 Å². The largest absolute Gasteiger partial charge is 0.367 e. The summed E-state index contributed by atoms with van der Waals surface area (Å²) in [6.07, 6.45) is 1.02. The highest BCUT2D eigenvalue weighted by Crippen LogP contribution is 2.40. The summed E-state index contributed by atoms with van der Waals surface area (Å²) in [6, 6.07) is 9.48. The van der Waals surface area contributed by atoms with Crippen LogP contribution in [0.4, 0.5) is 0 Å². The lowest BCUT2D eigenvalue weighted by atomic mass is 9.76. The van der Waals surface area contributed by atoms with Crippen LogP contribution in [0.5, 0.6) is 0 Å². The number of hydrogen-bond donors (Lipinski definition) is 0. The van der Waals surface area contributed by atoms with E-state index < -0.39 is 11.5 Å². The molecule has 0 aliphatic heterocycles. The van der Waals surface area contributed by atoms with Gasteiger partial charge in [-0.05, 0) is 31.9 Å². The highest BCUT2D eigenvalue weighted by molar-refractivity contribution is 6.08. The van der Waals surface area contributed by atoms with Crippen LogP contribution in [0.25, 0.3) is 0 Å². The van der Waals surface area contributed by atoms with E-state index in [2.05, 4.69) is 11.8 Å². The summed E-state index contributed by atoms with van der Waals surface area (Å²) in [6.45, 7) is 1.46. The summed E-state index contributed by atoms with van der Waals surface area (Å²) >= 11 is 0. The number of Topliss-reactive ketones (excluding diaryl/α,β-unsaturated/α-hetero) is 2. The van der Waals surface area contributed by atoms with E-state index in [0.717, 1.165) is 12.0 Å². The minimum atomic E-state index is -1.07. The smallest absolute Gasteiger partial charge is 0.150 e. The molecule has 20 heavy (non-hydrogen) atoms. The second-order valence-corrected chi connectivity index (χ2v) is 5.06. The van der Waals surface area contributed by atoms with Crippen molar-refractivity contribution >= 4 is 11.6 Å². The van der Waals surface area contributed by atoms with Crippen molar-refractivity contribution in [3.8, 4) is 11.8 Å². The maximum Gasteiger partial charge on any atom is 0.150 e. The molecular weight excluding hydrogens is 252 g/mol. The summed E-state index contributed by atoms with van der Waals surface area (Å²) in [5.41, 5.74) is -0.227. The second kappa shape index (κ2) is 6.02. The van der Waals surface area contributed by atoms with Crippen molar-refractivity contribution in [2.45, 2.75) is 32.3 Å². The quantitative estimate of drug-likeness (QED) is 0.625. The number of methoxy groups -OCH3 is 1. The molecule has 0 aromatic heterocycles. The van der Waals surface area contributed by atoms with E-state index in [1.807, 2.05) is 30.3 Å². The molecular formula is C17H18O3. The third-order valence-electron chi connectivity index (χ3n) is 3.91. The van der Waals surface area contributed by atoms with Gasteiger partial charge in [0.1, 0.15) is 23.1 Å². The first-order valence-electron chi connectivity index (χ1n) is 6.75. The number of ether oxygens (including phenoxy) is 1. The highest BCUT2D eigenvalue weighted by atomic mass is 16.5. The van der Waals surface area contributed by atoms with Crippen LogP contribution < -0.4 is 0 Å². The lowest BCUT2D eigenvalue weighted by Crippen LogP contribution is -2.45. The van der Waals surface area contributed by atoms with Crippen molar-refractivity contribution < 1.29 is 14.3 Å². The first kappa shape index (κ1) is 14.5. The zero-order valence-electron chi connectivity index (χ0n) is 11.8. The molecule has 1 aliphatic carbocycles. The summed E-state index contributed by atoms with van der Waals surface area (Å²) in [5.74, 6) is 5.77. The Hall–Kier alpha value is -1.92. The molecule has 1 aliphatic rings. The van der Waals surface area contributed by atoms with Gasteiger partial charge in [0.2, 0.25) is 0 Å². The van der Waals surface area contributed by atoms with E-state index in [-0.39, 0.29) is 11.6 Å². The molecule has 0 radical (unpaired) electrons. The van der Waals surface area contributed by atoms with Crippen molar-refractivity contribution in [3.63, 3.8) is 0 Å². The molecule has 1 saturated carbocycles. The van der Waals surface area contributed by atoms with E-state index >= 15 is 0 Å². The molecule has 0 heterocycles. The maximum absolute atomic E-state index is 12.2. The number of benzene rings is 1. The molecule has 3 heteroatoms. The number of ketones is 2. The standard InChI is InChI=1S/C17H18O3/c1-13(18)17(12-6-9-15(17)19)16(20-2)11-10-14-7-4-3-5-8-14/h3-5,7-8,16H,6,9,12H2,1-2H3. The highest BCUT2D eigenvalue weighted by Gasteiger charge is 2.52. The van der Waals surface area contributed by atoms with Gasteiger partial charge < -0.3 is 4.74 Å². The fraction of sp³-hybridized carbons (Fsp3) is 0.412. The molecule has 1 fully saturated rings. The van der Waals surface area contributed by atoms with Gasteiger partial charge in [0, 0.05) is 19.1 Å². The van der Waals surface area contributed by atoms with Crippen LogP contribution in [0.2, 0.25) is 0 Å². The SMILES string of the molecule is COC(C#Cc1ccccc1)C1(C(C)=O)CCCC1=O. The van der Waals surface area contributed by atoms with Gasteiger partial charge in [-0.3, -0.25) is 9.59 Å². The Morgan fingerprint density at radius 2 is 2.05 bits per heavy atom. The summed E-state index contributed by atoms with van der Waals surface area (Å²) < 4.78 is 5.38. The van der Waals surface area contributed by atoms with Crippen LogP contribution in [-0.4, -0.2) is 24.8 Å². The van der Waals surface area contributed by atoms with Crippen LogP contribution in [0, 0.1) is 17.3 Å². The van der Waals surface area contributed by atoms with E-state index in [0.29, 0.717) is 12.8 Å². The summed E-state index contributed by atoms with van der Waals surface area (Å²) in [7, 11) is 1.50. The molecule has 104 valence electrons. The number of carbonyl (C=O) groups excluding carboxylic acids is 2. The van der Waals surface area contributed by atoms with E-state index in [1.165, 1.54) is 14.0 Å². The van der Waals surface area contributed by atoms with Gasteiger partial charge >= 0.3 is 0 Å². The Bertz CT molecular complexity index is 565. The molecule has 2 unspecified atom stereocenters. The molecule has 1 aromatic carbocycles. The number of carbonyl (C=O) groups is 2. The number of rotatable bonds is 3. The van der Waals surface area contributed by atoms with Crippen molar-refractivity contribution in [1.29, 1.82) is 0 Å². The van der Waals surface area contributed by atoms with E-state index in [4.69, 9.17) is 4.74 Å². The Labute approximate surface area is 119 Å². The molecule has 3 nitrogen and oxygen atoms in total. The van der Waals surface area contributed by atoms with Crippen LogP contribution >= 0.6 is 0 Å². The van der Waals surface area contributed by atoms with Crippen LogP contribution in [0.15, 0.2) is 30.3 Å². The van der Waals surface area contributed by atoms with Crippen molar-refractivity contribution in [2.24, 2.45) is 5.41 Å². The van der Waals surface area contributed by atoms with Gasteiger partial charge in [-0.1, -0.05) is 30.0 Å². The predicted molar refractivity (Wildman–Crippen MR) is 76.1 cm³/mol. The maximum atomic E-state index is 12.2. The minimum Gasteiger partial charge on any atom is -0.367 e. The van der Waals surface area contributed by atoms with Gasteiger partial charge in [0.25, 0.3) is 0 Å². The van der Waals surface area contributed by atoms with Crippen LogP contribution in [0.1, 0.15) is 31.7 Å². The molecule has 0 N–H and O–H groups in total. The fourth-order valence-corrected chi connectivity index (χ4v) is 2.78. The Kier molecular flexibility index (Phi) is 4.36. The first-order valence-corrected chi connectivity index (χ1v) is 6.75. The van der Waals surface area contributed by atoms with Gasteiger partial charge in [-0.25, -0.2) is 0 Å². The van der Waals surface area contributed by atoms with E-state index in [9.17, 15) is 9.59 Å². The Morgan fingerprint density at radius 3 is 2.55 bits per heavy atom. The van der Waals surface area contributed by atoms with Gasteiger partial charge in [0.15, 0.2) is 0 Å². The molecule has 0 bridgehead atoms. The topological polar surface area (TPSA) is 43.4 Å². The molecule has 0 spiro atoms. The summed E-state index contributed by atoms with van der Waals surface area (Å²) in [5, 5.41) is 0. The minimum absolute atomic E-state index is 0.0424. The monoisotopic (exact) mass is 270 g/mol. The second-order valence-electron chi connectivity index (χ2n) is 5.06. The third kappa shape index (κ3) is 2.52. The Balaban J connectivity index is 2.34. The average molecular weight is 270 g/mol. The van der Waals surface area contributed by atoms with Crippen LogP contribution in [-0.2, 0) is 14.3 Å². The van der Waals surface area contributed by atoms with Crippen LogP contribution in [0.3, 0.4) is 0 Å². The zero-order valence-corrected chi connectivity index (χ0v) is 11.8. The normalized spacial score (nSPS) is 23.0. The molecule has 0 amide bonds. The number of hydrogen-bond acceptors (Lipinski definition) is 3. The van der Waals surface area contributed by atoms with Crippen molar-refractivity contribution in [3.05, 3.63) is 35.9 Å². The first-order chi connectivity index (χ1) is 9.61. The van der Waals surface area contributed by atoms with E-state index in [1.54, 1.807) is 0 Å². The predicted octanol–water partition coefficient (Wildman–Crippen LogP) is 2.38. The lowest BCUT2D eigenvalue weighted by Gasteiger charge is -2.29. The van der Waals surface area contributed by atoms with Crippen molar-refractivity contribution in [1.82, 2.24) is 0 Å². The van der Waals surface area contributed by atoms with Gasteiger partial charge in [-0.15, -0.1) is 0 Å². The van der Waals surface area contributed by atoms with Crippen molar-refractivity contribution in [2.75, 3.05) is 7.11 Å². The Morgan fingerprint density at radius 1 is 1.35 bits per heavy atom. The molecule has 0 saturated heterocycles. The lowest BCUT2D eigenvalue weighted by molar-refractivity contribution is -0.143. The molecule has 1 aromatic rings. The third-order valence-corrected chi connectivity index (χ3v) is 3.91. The molecule has 2 atom stereocenters. The average Bonchev–Trinajstić information content (AvgIpc) is 2.84.